The van der Waals surface area contributed by atoms with Gasteiger partial charge < -0.3 is 9.90 Å². The average Bonchev–Trinajstić information content (AvgIpc) is 3.20. The third-order valence-electron chi connectivity index (χ3n) is 4.37. The molecule has 2 aromatic carbocycles. The van der Waals surface area contributed by atoms with E-state index in [9.17, 15) is 9.90 Å². The van der Waals surface area contributed by atoms with Crippen LogP contribution in [0.5, 0.6) is 0 Å². The van der Waals surface area contributed by atoms with Gasteiger partial charge in [0.05, 0.1) is 23.5 Å². The van der Waals surface area contributed by atoms with Crippen LogP contribution in [0.1, 0.15) is 33.6 Å². The van der Waals surface area contributed by atoms with Crippen molar-refractivity contribution < 1.29 is 9.90 Å². The number of aromatic carboxylic acids is 1. The average molecular weight is 350 g/mol. The van der Waals surface area contributed by atoms with E-state index < -0.39 is 5.97 Å². The van der Waals surface area contributed by atoms with Gasteiger partial charge in [0.25, 0.3) is 0 Å². The molecule has 3 aromatic rings. The smallest absolute Gasteiger partial charge is 0.0732 e. The monoisotopic (exact) mass is 349 g/mol. The lowest BCUT2D eigenvalue weighted by Gasteiger charge is -2.09. The number of allylic oxidation sites excluding steroid dienone is 1. The third-order valence-corrected chi connectivity index (χ3v) is 4.62. The van der Waals surface area contributed by atoms with E-state index >= 15 is 0 Å². The van der Waals surface area contributed by atoms with Crippen LogP contribution in [-0.2, 0) is 6.42 Å². The Morgan fingerprint density at radius 1 is 1.08 bits per heavy atom. The largest absolute Gasteiger partial charge is 0.545 e. The Kier molecular flexibility index (Phi) is 3.90. The summed E-state index contributed by atoms with van der Waals surface area (Å²) in [5.74, 6) is -1.18. The van der Waals surface area contributed by atoms with Crippen LogP contribution in [0, 0.1) is 0 Å². The van der Waals surface area contributed by atoms with E-state index in [2.05, 4.69) is 11.2 Å². The summed E-state index contributed by atoms with van der Waals surface area (Å²) >= 11 is 5.95. The minimum absolute atomic E-state index is 0.157. The van der Waals surface area contributed by atoms with E-state index in [1.807, 2.05) is 35.1 Å². The molecule has 0 saturated carbocycles. The van der Waals surface area contributed by atoms with Gasteiger partial charge in [0.1, 0.15) is 0 Å². The number of hydrogen-bond acceptors (Lipinski definition) is 3. The highest BCUT2D eigenvalue weighted by molar-refractivity contribution is 6.30. The zero-order valence-corrected chi connectivity index (χ0v) is 14.0. The summed E-state index contributed by atoms with van der Waals surface area (Å²) in [6.07, 6.45) is 5.93. The van der Waals surface area contributed by atoms with Gasteiger partial charge in [-0.2, -0.15) is 5.10 Å². The maximum atomic E-state index is 10.9. The standard InChI is InChI=1S/C20H15ClN2O2/c21-17-7-1-13(2-8-17)11-15-3-4-16-12-22-23(19(15)16)18-9-5-14(6-10-18)20(24)25/h1-2,5-12H,3-4H2,(H,24,25)/p-1/b15-11+. The number of carboxylic acids is 1. The van der Waals surface area contributed by atoms with Crippen molar-refractivity contribution >= 4 is 29.2 Å². The van der Waals surface area contributed by atoms with Gasteiger partial charge >= 0.3 is 0 Å². The fourth-order valence-corrected chi connectivity index (χ4v) is 3.26. The number of nitrogens with zero attached hydrogens (tertiary/aromatic N) is 2. The van der Waals surface area contributed by atoms with E-state index in [1.165, 1.54) is 23.3 Å². The predicted molar refractivity (Wildman–Crippen MR) is 95.5 cm³/mol. The van der Waals surface area contributed by atoms with Gasteiger partial charge in [-0.15, -0.1) is 0 Å². The lowest BCUT2D eigenvalue weighted by molar-refractivity contribution is -0.255. The van der Waals surface area contributed by atoms with E-state index in [4.69, 9.17) is 11.6 Å². The first-order chi connectivity index (χ1) is 12.1. The van der Waals surface area contributed by atoms with Gasteiger partial charge in [-0.1, -0.05) is 35.9 Å². The second kappa shape index (κ2) is 6.22. The molecule has 4 rings (SSSR count). The molecule has 5 heteroatoms. The first kappa shape index (κ1) is 15.7. The van der Waals surface area contributed by atoms with Gasteiger partial charge in [-0.25, -0.2) is 4.68 Å². The van der Waals surface area contributed by atoms with Crippen LogP contribution in [0.3, 0.4) is 0 Å². The molecule has 0 unspecified atom stereocenters. The molecule has 0 N–H and O–H groups in total. The molecule has 0 fully saturated rings. The maximum Gasteiger partial charge on any atom is 0.0732 e. The highest BCUT2D eigenvalue weighted by Crippen LogP contribution is 2.35. The maximum absolute atomic E-state index is 10.9. The molecule has 0 aliphatic heterocycles. The first-order valence-electron chi connectivity index (χ1n) is 7.97. The minimum Gasteiger partial charge on any atom is -0.545 e. The topological polar surface area (TPSA) is 57.9 Å². The number of benzene rings is 2. The summed E-state index contributed by atoms with van der Waals surface area (Å²) in [5.41, 5.74) is 5.56. The SMILES string of the molecule is O=C([O-])c1ccc(-n2ncc3c2/C(=C/c2ccc(Cl)cc2)CC3)cc1. The number of carbonyl (C=O) groups is 1. The summed E-state index contributed by atoms with van der Waals surface area (Å²) in [7, 11) is 0. The van der Waals surface area contributed by atoms with Crippen LogP contribution in [0.25, 0.3) is 17.3 Å². The number of carboxylic acid groups (broad SMARTS) is 1. The van der Waals surface area contributed by atoms with E-state index in [-0.39, 0.29) is 5.56 Å². The highest BCUT2D eigenvalue weighted by atomic mass is 35.5. The van der Waals surface area contributed by atoms with Crippen LogP contribution in [0.4, 0.5) is 0 Å². The predicted octanol–water partition coefficient (Wildman–Crippen LogP) is 3.38. The Balaban J connectivity index is 1.74. The number of aromatic nitrogens is 2. The second-order valence-electron chi connectivity index (χ2n) is 5.99. The molecule has 0 bridgehead atoms. The van der Waals surface area contributed by atoms with E-state index in [1.54, 1.807) is 12.1 Å². The van der Waals surface area contributed by atoms with Crippen LogP contribution < -0.4 is 5.11 Å². The Morgan fingerprint density at radius 3 is 2.48 bits per heavy atom. The zero-order valence-electron chi connectivity index (χ0n) is 13.3. The normalized spacial score (nSPS) is 14.7. The van der Waals surface area contributed by atoms with Crippen molar-refractivity contribution in [3.05, 3.63) is 82.1 Å². The van der Waals surface area contributed by atoms with Gasteiger partial charge in [0, 0.05) is 5.02 Å². The lowest BCUT2D eigenvalue weighted by atomic mass is 10.1. The third kappa shape index (κ3) is 2.96. The molecule has 0 spiro atoms. The van der Waals surface area contributed by atoms with Crippen molar-refractivity contribution in [3.8, 4) is 5.69 Å². The molecule has 124 valence electrons. The number of carbonyl (C=O) groups excluding carboxylic acids is 1. The van der Waals surface area contributed by atoms with Crippen molar-refractivity contribution in [2.24, 2.45) is 0 Å². The highest BCUT2D eigenvalue weighted by Gasteiger charge is 2.22. The number of halogens is 1. The second-order valence-corrected chi connectivity index (χ2v) is 6.42. The number of rotatable bonds is 3. The summed E-state index contributed by atoms with van der Waals surface area (Å²) in [4.78, 5) is 10.9. The molecule has 0 amide bonds. The van der Waals surface area contributed by atoms with Gasteiger partial charge in [0.15, 0.2) is 0 Å². The molecule has 0 saturated heterocycles. The fourth-order valence-electron chi connectivity index (χ4n) is 3.13. The molecule has 0 atom stereocenters. The minimum atomic E-state index is -1.18. The summed E-state index contributed by atoms with van der Waals surface area (Å²) in [6, 6.07) is 14.3. The van der Waals surface area contributed by atoms with Crippen molar-refractivity contribution in [3.63, 3.8) is 0 Å². The lowest BCUT2D eigenvalue weighted by Crippen LogP contribution is -2.22. The zero-order chi connectivity index (χ0) is 17.4. The molecule has 1 heterocycles. The molecule has 25 heavy (non-hydrogen) atoms. The van der Waals surface area contributed by atoms with Gasteiger partial charge in [-0.05, 0) is 65.4 Å². The molecular weight excluding hydrogens is 336 g/mol. The molecule has 1 aliphatic carbocycles. The van der Waals surface area contributed by atoms with Gasteiger partial charge in [-0.3, -0.25) is 0 Å². The molecule has 1 aromatic heterocycles. The molecule has 0 radical (unpaired) electrons. The number of fused-ring (bicyclic) bond motifs is 1. The Hall–Kier alpha value is -2.85. The summed E-state index contributed by atoms with van der Waals surface area (Å²) in [6.45, 7) is 0. The Morgan fingerprint density at radius 2 is 1.80 bits per heavy atom. The Bertz CT molecular complexity index is 970. The van der Waals surface area contributed by atoms with E-state index in [0.29, 0.717) is 5.02 Å². The number of hydrogen-bond donors (Lipinski definition) is 0. The van der Waals surface area contributed by atoms with Crippen LogP contribution in [-0.4, -0.2) is 15.7 Å². The first-order valence-corrected chi connectivity index (χ1v) is 8.35. The van der Waals surface area contributed by atoms with Crippen LogP contribution in [0.15, 0.2) is 54.7 Å². The van der Waals surface area contributed by atoms with E-state index in [0.717, 1.165) is 29.8 Å². The van der Waals surface area contributed by atoms with Crippen molar-refractivity contribution in [1.29, 1.82) is 0 Å². The summed E-state index contributed by atoms with van der Waals surface area (Å²) in [5, 5.41) is 16.1. The Labute approximate surface area is 150 Å². The molecule has 1 aliphatic rings. The van der Waals surface area contributed by atoms with Crippen molar-refractivity contribution in [1.82, 2.24) is 9.78 Å². The van der Waals surface area contributed by atoms with Crippen LogP contribution in [0.2, 0.25) is 5.02 Å². The quantitative estimate of drug-likeness (QED) is 0.728. The van der Waals surface area contributed by atoms with Gasteiger partial charge in [0.2, 0.25) is 0 Å². The molecule has 4 nitrogen and oxygen atoms in total. The van der Waals surface area contributed by atoms with Crippen molar-refractivity contribution in [2.45, 2.75) is 12.8 Å². The van der Waals surface area contributed by atoms with Crippen LogP contribution >= 0.6 is 11.6 Å². The fraction of sp³-hybridized carbons (Fsp3) is 0.100. The number of aryl methyl sites for hydroxylation is 1. The van der Waals surface area contributed by atoms with Crippen molar-refractivity contribution in [2.75, 3.05) is 0 Å². The molecular formula is C20H14ClN2O2-. The summed E-state index contributed by atoms with van der Waals surface area (Å²) < 4.78 is 1.86.